The Morgan fingerprint density at radius 1 is 1.04 bits per heavy atom. The molecule has 0 atom stereocenters. The predicted octanol–water partition coefficient (Wildman–Crippen LogP) is 5.03. The Kier molecular flexibility index (Phi) is 5.98. The number of carbonyl (C=O) groups is 1. The molecule has 2 aromatic carbocycles. The number of nitrogens with zero attached hydrogens (tertiary/aromatic N) is 2. The molecule has 0 aromatic heterocycles. The van der Waals surface area contributed by atoms with Crippen LogP contribution in [0.15, 0.2) is 48.5 Å². The number of carbonyl (C=O) groups excluding carboxylic acids is 1. The van der Waals surface area contributed by atoms with E-state index in [1.54, 1.807) is 4.90 Å². The van der Waals surface area contributed by atoms with Crippen molar-refractivity contribution in [1.29, 1.82) is 0 Å². The SMILES string of the molecule is Cc1ccc(Cl)cc1N1CCN(C(=O)/C=C\c2ccc(C(F)(F)F)cc2)CC1. The molecule has 1 aliphatic heterocycles. The van der Waals surface area contributed by atoms with Crippen molar-refractivity contribution in [3.05, 3.63) is 70.3 Å². The predicted molar refractivity (Wildman–Crippen MR) is 105 cm³/mol. The lowest BCUT2D eigenvalue weighted by molar-refractivity contribution is -0.137. The number of amides is 1. The average molecular weight is 409 g/mol. The van der Waals surface area contributed by atoms with Gasteiger partial charge in [0.2, 0.25) is 5.91 Å². The molecule has 0 N–H and O–H groups in total. The largest absolute Gasteiger partial charge is 0.416 e. The molecule has 148 valence electrons. The minimum Gasteiger partial charge on any atom is -0.368 e. The third-order valence-corrected chi connectivity index (χ3v) is 4.99. The van der Waals surface area contributed by atoms with Crippen LogP contribution in [0.1, 0.15) is 16.7 Å². The first-order valence-electron chi connectivity index (χ1n) is 8.89. The number of hydrogen-bond donors (Lipinski definition) is 0. The molecule has 7 heteroatoms. The first-order chi connectivity index (χ1) is 13.2. The van der Waals surface area contributed by atoms with Gasteiger partial charge < -0.3 is 9.80 Å². The van der Waals surface area contributed by atoms with Gasteiger partial charge in [0, 0.05) is 43.0 Å². The van der Waals surface area contributed by atoms with Gasteiger partial charge in [0.1, 0.15) is 0 Å². The number of anilines is 1. The summed E-state index contributed by atoms with van der Waals surface area (Å²) in [5.74, 6) is -0.151. The van der Waals surface area contributed by atoms with Crippen LogP contribution < -0.4 is 4.90 Å². The van der Waals surface area contributed by atoms with E-state index >= 15 is 0 Å². The minimum atomic E-state index is -4.36. The fraction of sp³-hybridized carbons (Fsp3) is 0.286. The molecule has 0 unspecified atom stereocenters. The standard InChI is InChI=1S/C21H20ClF3N2O/c1-15-2-8-18(22)14-19(15)26-10-12-27(13-11-26)20(28)9-5-16-3-6-17(7-4-16)21(23,24)25/h2-9,14H,10-13H2,1H3/b9-5-. The van der Waals surface area contributed by atoms with Gasteiger partial charge in [0.15, 0.2) is 0 Å². The highest BCUT2D eigenvalue weighted by Gasteiger charge is 2.29. The first kappa shape index (κ1) is 20.3. The van der Waals surface area contributed by atoms with E-state index < -0.39 is 11.7 Å². The van der Waals surface area contributed by atoms with E-state index in [2.05, 4.69) is 4.90 Å². The van der Waals surface area contributed by atoms with Gasteiger partial charge in [0.05, 0.1) is 5.56 Å². The minimum absolute atomic E-state index is 0.151. The fourth-order valence-corrected chi connectivity index (χ4v) is 3.31. The lowest BCUT2D eigenvalue weighted by atomic mass is 10.1. The maximum absolute atomic E-state index is 12.6. The molecule has 0 radical (unpaired) electrons. The molecule has 2 aromatic rings. The second kappa shape index (κ2) is 8.27. The highest BCUT2D eigenvalue weighted by molar-refractivity contribution is 6.30. The van der Waals surface area contributed by atoms with Crippen molar-refractivity contribution in [3.63, 3.8) is 0 Å². The van der Waals surface area contributed by atoms with Crippen molar-refractivity contribution in [2.45, 2.75) is 13.1 Å². The quantitative estimate of drug-likeness (QED) is 0.665. The zero-order chi connectivity index (χ0) is 20.3. The van der Waals surface area contributed by atoms with E-state index in [0.29, 0.717) is 36.8 Å². The van der Waals surface area contributed by atoms with Crippen molar-refractivity contribution in [3.8, 4) is 0 Å². The Labute approximate surface area is 167 Å². The number of rotatable bonds is 3. The molecule has 0 bridgehead atoms. The molecule has 3 nitrogen and oxygen atoms in total. The molecule has 1 amide bonds. The summed E-state index contributed by atoms with van der Waals surface area (Å²) < 4.78 is 37.8. The number of aryl methyl sites for hydroxylation is 1. The molecular formula is C21H20ClF3N2O. The maximum Gasteiger partial charge on any atom is 0.416 e. The van der Waals surface area contributed by atoms with Crippen LogP contribution in [-0.4, -0.2) is 37.0 Å². The summed E-state index contributed by atoms with van der Waals surface area (Å²) in [4.78, 5) is 16.3. The van der Waals surface area contributed by atoms with Crippen molar-refractivity contribution in [2.75, 3.05) is 31.1 Å². The monoisotopic (exact) mass is 408 g/mol. The molecule has 28 heavy (non-hydrogen) atoms. The van der Waals surface area contributed by atoms with Crippen LogP contribution in [0.2, 0.25) is 5.02 Å². The highest BCUT2D eigenvalue weighted by atomic mass is 35.5. The van der Waals surface area contributed by atoms with Gasteiger partial charge in [-0.2, -0.15) is 13.2 Å². The number of piperazine rings is 1. The van der Waals surface area contributed by atoms with Gasteiger partial charge in [-0.1, -0.05) is 29.8 Å². The third-order valence-electron chi connectivity index (χ3n) is 4.76. The fourth-order valence-electron chi connectivity index (χ4n) is 3.15. The Bertz CT molecular complexity index is 870. The van der Waals surface area contributed by atoms with E-state index in [9.17, 15) is 18.0 Å². The number of alkyl halides is 3. The number of hydrogen-bond acceptors (Lipinski definition) is 2. The van der Waals surface area contributed by atoms with Crippen molar-refractivity contribution < 1.29 is 18.0 Å². The van der Waals surface area contributed by atoms with Gasteiger partial charge in [-0.25, -0.2) is 0 Å². The van der Waals surface area contributed by atoms with Gasteiger partial charge in [-0.3, -0.25) is 4.79 Å². The van der Waals surface area contributed by atoms with Crippen molar-refractivity contribution in [1.82, 2.24) is 4.90 Å². The summed E-state index contributed by atoms with van der Waals surface area (Å²) in [7, 11) is 0. The molecule has 0 saturated carbocycles. The summed E-state index contributed by atoms with van der Waals surface area (Å²) in [6.07, 6.45) is -1.42. The van der Waals surface area contributed by atoms with Crippen molar-refractivity contribution >= 4 is 29.3 Å². The number of benzene rings is 2. The second-order valence-electron chi connectivity index (χ2n) is 6.70. The second-order valence-corrected chi connectivity index (χ2v) is 7.13. The molecule has 1 saturated heterocycles. The summed E-state index contributed by atoms with van der Waals surface area (Å²) in [6.45, 7) is 4.56. The smallest absolute Gasteiger partial charge is 0.368 e. The van der Waals surface area contributed by atoms with Crippen LogP contribution in [0, 0.1) is 6.92 Å². The van der Waals surface area contributed by atoms with Gasteiger partial charge >= 0.3 is 6.18 Å². The van der Waals surface area contributed by atoms with Crippen LogP contribution in [-0.2, 0) is 11.0 Å². The summed E-state index contributed by atoms with van der Waals surface area (Å²) in [6, 6.07) is 10.5. The van der Waals surface area contributed by atoms with Crippen LogP contribution >= 0.6 is 11.6 Å². The van der Waals surface area contributed by atoms with Crippen LogP contribution in [0.25, 0.3) is 6.08 Å². The molecule has 3 rings (SSSR count). The Morgan fingerprint density at radius 2 is 1.68 bits per heavy atom. The molecule has 0 spiro atoms. The third kappa shape index (κ3) is 4.87. The summed E-state index contributed by atoms with van der Waals surface area (Å²) in [5.41, 5.74) is 2.05. The van der Waals surface area contributed by atoms with Gasteiger partial charge in [-0.15, -0.1) is 0 Å². The van der Waals surface area contributed by atoms with E-state index in [1.165, 1.54) is 24.3 Å². The molecule has 1 aliphatic rings. The molecule has 0 aliphatic carbocycles. The lowest BCUT2D eigenvalue weighted by Crippen LogP contribution is -2.48. The molecule has 1 fully saturated rings. The molecular weight excluding hydrogens is 389 g/mol. The first-order valence-corrected chi connectivity index (χ1v) is 9.27. The van der Waals surface area contributed by atoms with E-state index in [0.717, 1.165) is 23.4 Å². The summed E-state index contributed by atoms with van der Waals surface area (Å²) in [5, 5.41) is 0.679. The van der Waals surface area contributed by atoms with Gasteiger partial charge in [0.25, 0.3) is 0 Å². The summed E-state index contributed by atoms with van der Waals surface area (Å²) >= 11 is 6.09. The molecule has 1 heterocycles. The van der Waals surface area contributed by atoms with E-state index in [1.807, 2.05) is 25.1 Å². The van der Waals surface area contributed by atoms with Crippen molar-refractivity contribution in [2.24, 2.45) is 0 Å². The Balaban J connectivity index is 1.58. The Morgan fingerprint density at radius 3 is 2.29 bits per heavy atom. The topological polar surface area (TPSA) is 23.6 Å². The highest BCUT2D eigenvalue weighted by Crippen LogP contribution is 2.29. The zero-order valence-electron chi connectivity index (χ0n) is 15.3. The van der Waals surface area contributed by atoms with E-state index in [4.69, 9.17) is 11.6 Å². The van der Waals surface area contributed by atoms with Crippen LogP contribution in [0.3, 0.4) is 0 Å². The lowest BCUT2D eigenvalue weighted by Gasteiger charge is -2.36. The van der Waals surface area contributed by atoms with Crippen LogP contribution in [0.5, 0.6) is 0 Å². The number of halogens is 4. The normalized spacial score (nSPS) is 15.3. The van der Waals surface area contributed by atoms with Crippen LogP contribution in [0.4, 0.5) is 18.9 Å². The Hall–Kier alpha value is -2.47. The zero-order valence-corrected chi connectivity index (χ0v) is 16.1. The van der Waals surface area contributed by atoms with Gasteiger partial charge in [-0.05, 0) is 48.4 Å². The average Bonchev–Trinajstić information content (AvgIpc) is 2.68. The van der Waals surface area contributed by atoms with E-state index in [-0.39, 0.29) is 5.91 Å². The maximum atomic E-state index is 12.6.